The molecule has 0 heterocycles. The third kappa shape index (κ3) is 11.6. The van der Waals surface area contributed by atoms with E-state index in [1.54, 1.807) is 6.08 Å². The molecule has 0 aromatic carbocycles. The Kier molecular flexibility index (Phi) is 10.7. The van der Waals surface area contributed by atoms with Crippen LogP contribution in [0.25, 0.3) is 0 Å². The quantitative estimate of drug-likeness (QED) is 0.607. The van der Waals surface area contributed by atoms with E-state index in [1.807, 2.05) is 6.92 Å². The van der Waals surface area contributed by atoms with Gasteiger partial charge in [0, 0.05) is 6.08 Å². The zero-order valence-corrected chi connectivity index (χ0v) is 11.1. The maximum atomic E-state index is 9.79. The molecule has 0 saturated heterocycles. The van der Waals surface area contributed by atoms with E-state index in [2.05, 4.69) is 0 Å². The van der Waals surface area contributed by atoms with Crippen LogP contribution in [-0.4, -0.2) is 38.4 Å². The number of unbranched alkanes of at least 4 members (excludes halogenated alkanes) is 1. The fourth-order valence-electron chi connectivity index (χ4n) is 0.351. The summed E-state index contributed by atoms with van der Waals surface area (Å²) < 4.78 is 0. The Balaban J connectivity index is 0. The SMILES string of the molecule is CCCC=CC(=O)O.[PbH2]. The van der Waals surface area contributed by atoms with E-state index in [0.717, 1.165) is 12.8 Å². The van der Waals surface area contributed by atoms with Crippen molar-refractivity contribution in [3.63, 3.8) is 0 Å². The van der Waals surface area contributed by atoms with Gasteiger partial charge in [0.25, 0.3) is 0 Å². The van der Waals surface area contributed by atoms with Crippen LogP contribution in [-0.2, 0) is 4.79 Å². The average Bonchev–Trinajstić information content (AvgIpc) is 1.66. The van der Waals surface area contributed by atoms with Gasteiger partial charge in [-0.05, 0) is 6.42 Å². The summed E-state index contributed by atoms with van der Waals surface area (Å²) in [6, 6.07) is 0. The molecule has 0 bridgehead atoms. The third-order valence-corrected chi connectivity index (χ3v) is 0.716. The second-order valence-corrected chi connectivity index (χ2v) is 1.53. The molecule has 0 saturated carbocycles. The summed E-state index contributed by atoms with van der Waals surface area (Å²) in [5.74, 6) is -0.863. The molecule has 9 heavy (non-hydrogen) atoms. The molecule has 1 N–H and O–H groups in total. The van der Waals surface area contributed by atoms with Gasteiger partial charge in [0.15, 0.2) is 0 Å². The number of carboxylic acids is 1. The molecule has 0 amide bonds. The summed E-state index contributed by atoms with van der Waals surface area (Å²) in [4.78, 5) is 9.79. The van der Waals surface area contributed by atoms with Crippen molar-refractivity contribution in [1.29, 1.82) is 0 Å². The van der Waals surface area contributed by atoms with Gasteiger partial charge < -0.3 is 5.11 Å². The molecule has 0 unspecified atom stereocenters. The molecular weight excluding hydrogens is 311 g/mol. The minimum absolute atomic E-state index is 0. The summed E-state index contributed by atoms with van der Waals surface area (Å²) in [6.07, 6.45) is 4.68. The number of carboxylic acid groups (broad SMARTS) is 1. The first-order valence-electron chi connectivity index (χ1n) is 2.67. The molecule has 0 aliphatic heterocycles. The molecule has 0 aliphatic rings. The van der Waals surface area contributed by atoms with Gasteiger partial charge in [0.2, 0.25) is 0 Å². The molecule has 0 aromatic heterocycles. The molecule has 0 rings (SSSR count). The number of aliphatic carboxylic acids is 1. The first-order chi connectivity index (χ1) is 3.77. The van der Waals surface area contributed by atoms with Crippen LogP contribution < -0.4 is 0 Å². The third-order valence-electron chi connectivity index (χ3n) is 0.716. The Morgan fingerprint density at radius 2 is 2.22 bits per heavy atom. The zero-order valence-electron chi connectivity index (χ0n) is 5.63. The molecule has 3 heteroatoms. The predicted molar refractivity (Wildman–Crippen MR) is 40.2 cm³/mol. The van der Waals surface area contributed by atoms with Gasteiger partial charge in [-0.3, -0.25) is 0 Å². The van der Waals surface area contributed by atoms with Crippen LogP contribution in [0.3, 0.4) is 0 Å². The van der Waals surface area contributed by atoms with Gasteiger partial charge in [-0.2, -0.15) is 0 Å². The normalized spacial score (nSPS) is 9.00. The Morgan fingerprint density at radius 1 is 1.67 bits per heavy atom. The van der Waals surface area contributed by atoms with Crippen LogP contribution in [0, 0.1) is 0 Å². The molecule has 0 atom stereocenters. The second kappa shape index (κ2) is 8.13. The zero-order chi connectivity index (χ0) is 6.41. The van der Waals surface area contributed by atoms with E-state index in [-0.39, 0.29) is 27.3 Å². The van der Waals surface area contributed by atoms with Gasteiger partial charge in [-0.1, -0.05) is 19.4 Å². The number of hydrogen-bond acceptors (Lipinski definition) is 1. The van der Waals surface area contributed by atoms with Gasteiger partial charge >= 0.3 is 33.3 Å². The van der Waals surface area contributed by atoms with Gasteiger partial charge in [-0.15, -0.1) is 0 Å². The Morgan fingerprint density at radius 3 is 2.56 bits per heavy atom. The molecule has 0 aromatic rings. The van der Waals surface area contributed by atoms with Crippen LogP contribution >= 0.6 is 0 Å². The van der Waals surface area contributed by atoms with Gasteiger partial charge in [0.05, 0.1) is 0 Å². The van der Waals surface area contributed by atoms with Crippen LogP contribution in [0.2, 0.25) is 0 Å². The van der Waals surface area contributed by atoms with Crippen LogP contribution in [0.5, 0.6) is 0 Å². The van der Waals surface area contributed by atoms with Crippen molar-refractivity contribution in [2.24, 2.45) is 0 Å². The Labute approximate surface area is 75.1 Å². The van der Waals surface area contributed by atoms with Crippen LogP contribution in [0.15, 0.2) is 12.2 Å². The predicted octanol–water partition coefficient (Wildman–Crippen LogP) is 0.511. The van der Waals surface area contributed by atoms with Crippen molar-refractivity contribution in [1.82, 2.24) is 0 Å². The first-order valence-corrected chi connectivity index (χ1v) is 2.67. The van der Waals surface area contributed by atoms with Crippen molar-refractivity contribution in [3.05, 3.63) is 12.2 Å². The van der Waals surface area contributed by atoms with Crippen molar-refractivity contribution in [2.75, 3.05) is 0 Å². The number of allylic oxidation sites excluding steroid dienone is 1. The second-order valence-electron chi connectivity index (χ2n) is 1.53. The summed E-state index contributed by atoms with van der Waals surface area (Å²) >= 11 is 0. The molecule has 0 aliphatic carbocycles. The number of carbonyl (C=O) groups is 1. The summed E-state index contributed by atoms with van der Waals surface area (Å²) in [5.41, 5.74) is 0. The fourth-order valence-corrected chi connectivity index (χ4v) is 0.351. The molecule has 2 nitrogen and oxygen atoms in total. The average molecular weight is 323 g/mol. The van der Waals surface area contributed by atoms with Crippen molar-refractivity contribution < 1.29 is 9.90 Å². The van der Waals surface area contributed by atoms with Crippen LogP contribution in [0.4, 0.5) is 0 Å². The topological polar surface area (TPSA) is 37.3 Å². The number of rotatable bonds is 3. The van der Waals surface area contributed by atoms with Crippen LogP contribution in [0.1, 0.15) is 19.8 Å². The van der Waals surface area contributed by atoms with E-state index >= 15 is 0 Å². The summed E-state index contributed by atoms with van der Waals surface area (Å²) in [6.45, 7) is 2.01. The molecule has 0 spiro atoms. The first kappa shape index (κ1) is 11.9. The van der Waals surface area contributed by atoms with Gasteiger partial charge in [0.1, 0.15) is 0 Å². The van der Waals surface area contributed by atoms with Crippen molar-refractivity contribution in [3.8, 4) is 0 Å². The molecular formula is C6H12O2Pb. The van der Waals surface area contributed by atoms with E-state index in [0.29, 0.717) is 0 Å². The summed E-state index contributed by atoms with van der Waals surface area (Å²) in [5, 5.41) is 8.05. The fraction of sp³-hybridized carbons (Fsp3) is 0.500. The standard InChI is InChI=1S/C6H10O2.Pb.2H/c1-2-3-4-5-6(7)8;;;/h4-5H,2-3H2,1H3,(H,7,8);;;. The number of hydrogen-bond donors (Lipinski definition) is 1. The molecule has 52 valence electrons. The van der Waals surface area contributed by atoms with E-state index in [9.17, 15) is 4.79 Å². The maximum absolute atomic E-state index is 9.79. The van der Waals surface area contributed by atoms with Crippen molar-refractivity contribution >= 4 is 33.3 Å². The van der Waals surface area contributed by atoms with Gasteiger partial charge in [-0.25, -0.2) is 4.79 Å². The molecule has 2 radical (unpaired) electrons. The minimum atomic E-state index is -0.863. The van der Waals surface area contributed by atoms with E-state index in [1.165, 1.54) is 6.08 Å². The van der Waals surface area contributed by atoms with E-state index in [4.69, 9.17) is 5.11 Å². The summed E-state index contributed by atoms with van der Waals surface area (Å²) in [7, 11) is 0. The Bertz CT molecular complexity index is 99.2. The van der Waals surface area contributed by atoms with E-state index < -0.39 is 5.97 Å². The monoisotopic (exact) mass is 324 g/mol. The molecule has 0 fully saturated rings. The Hall–Kier alpha value is 0.132. The van der Waals surface area contributed by atoms with Crippen molar-refractivity contribution in [2.45, 2.75) is 19.8 Å².